The molecule has 2 aromatic carbocycles. The van der Waals surface area contributed by atoms with Crippen LogP contribution in [0.4, 0.5) is 11.4 Å². The van der Waals surface area contributed by atoms with Gasteiger partial charge in [-0.25, -0.2) is 0 Å². The zero-order chi connectivity index (χ0) is 48.6. The molecule has 0 saturated carbocycles. The third-order valence-corrected chi connectivity index (χ3v) is 11.7. The van der Waals surface area contributed by atoms with Crippen LogP contribution in [0, 0.1) is 10.8 Å². The summed E-state index contributed by atoms with van der Waals surface area (Å²) >= 11 is 6.85. The average molecular weight is 1040 g/mol. The van der Waals surface area contributed by atoms with E-state index in [0.717, 1.165) is 25.8 Å². The molecule has 3 aliphatic rings. The van der Waals surface area contributed by atoms with Crippen LogP contribution in [0.2, 0.25) is 0 Å². The molecule has 0 spiro atoms. The molecule has 2 unspecified atom stereocenters. The quantitative estimate of drug-likeness (QED) is 0.134. The summed E-state index contributed by atoms with van der Waals surface area (Å²) in [5.41, 5.74) is 2.99. The van der Waals surface area contributed by atoms with Crippen LogP contribution in [-0.4, -0.2) is 125 Å². The van der Waals surface area contributed by atoms with E-state index in [-0.39, 0.29) is 22.6 Å². The average Bonchev–Trinajstić information content (AvgIpc) is 3.46. The van der Waals surface area contributed by atoms with Crippen LogP contribution in [-0.2, 0) is 51.0 Å². The topological polar surface area (TPSA) is 234 Å². The Kier molecular flexibility index (Phi) is 19.1. The molecule has 0 aliphatic carbocycles. The molecule has 1 fully saturated rings. The molecule has 0 radical (unpaired) electrons. The molecule has 4 amide bonds. The summed E-state index contributed by atoms with van der Waals surface area (Å²) in [7, 11) is 2.58. The Labute approximate surface area is 398 Å². The summed E-state index contributed by atoms with van der Waals surface area (Å²) in [4.78, 5) is 51.3. The lowest BCUT2D eigenvalue weighted by Crippen LogP contribution is -2.61. The van der Waals surface area contributed by atoms with Crippen molar-refractivity contribution in [3.8, 4) is 0 Å². The summed E-state index contributed by atoms with van der Waals surface area (Å²) in [5, 5.41) is 52.9. The first-order valence-corrected chi connectivity index (χ1v) is 23.1. The summed E-state index contributed by atoms with van der Waals surface area (Å²) < 4.78 is 24.2. The van der Waals surface area contributed by atoms with E-state index in [1.165, 1.54) is 20.3 Å². The van der Waals surface area contributed by atoms with Gasteiger partial charge < -0.3 is 60.6 Å². The van der Waals surface area contributed by atoms with Gasteiger partial charge in [0.15, 0.2) is 18.0 Å². The molecule has 3 heterocycles. The minimum Gasteiger partial charge on any atom is -0.387 e. The monoisotopic (exact) mass is 1040 g/mol. The van der Waals surface area contributed by atoms with E-state index in [0.29, 0.717) is 31.4 Å². The molecule has 3 aliphatic heterocycles. The number of hydrogen-bond acceptors (Lipinski definition) is 12. The van der Waals surface area contributed by atoms with Gasteiger partial charge in [0.2, 0.25) is 11.8 Å². The van der Waals surface area contributed by atoms with Crippen LogP contribution in [0.5, 0.6) is 0 Å². The molecule has 5 rings (SSSR count). The highest BCUT2D eigenvalue weighted by Gasteiger charge is 2.48. The Morgan fingerprint density at radius 2 is 1.28 bits per heavy atom. The summed E-state index contributed by atoms with van der Waals surface area (Å²) in [5.74, 6) is -3.03. The van der Waals surface area contributed by atoms with Crippen molar-refractivity contribution in [3.63, 3.8) is 0 Å². The van der Waals surface area contributed by atoms with Crippen LogP contribution in [0.15, 0.2) is 69.6 Å². The number of halogens is 2. The third-order valence-electron chi connectivity index (χ3n) is 10.7. The van der Waals surface area contributed by atoms with Gasteiger partial charge in [-0.05, 0) is 97.9 Å². The number of methoxy groups -OCH3 is 2. The molecular weight excluding hydrogens is 972 g/mol. The fourth-order valence-electron chi connectivity index (χ4n) is 7.33. The first kappa shape index (κ1) is 54.0. The lowest BCUT2D eigenvalue weighted by molar-refractivity contribution is -0.334. The number of aliphatic hydroxyl groups is 4. The van der Waals surface area contributed by atoms with Gasteiger partial charge in [-0.3, -0.25) is 19.2 Å². The number of anilines is 2. The van der Waals surface area contributed by atoms with Crippen molar-refractivity contribution in [1.29, 1.82) is 0 Å². The number of aliphatic hydroxyl groups excluding tert-OH is 4. The molecule has 1 saturated heterocycles. The minimum absolute atomic E-state index is 0.112. The first-order chi connectivity index (χ1) is 30.2. The van der Waals surface area contributed by atoms with E-state index in [2.05, 4.69) is 53.1 Å². The number of benzene rings is 2. The van der Waals surface area contributed by atoms with Gasteiger partial charge in [0, 0.05) is 34.5 Å². The fourth-order valence-corrected chi connectivity index (χ4v) is 8.15. The second kappa shape index (κ2) is 23.0. The van der Waals surface area contributed by atoms with Crippen molar-refractivity contribution in [2.75, 3.05) is 24.9 Å². The minimum atomic E-state index is -1.70. The number of aryl methyl sites for hydroxylation is 2. The maximum Gasteiger partial charge on any atom is 0.252 e. The highest BCUT2D eigenvalue weighted by molar-refractivity contribution is 9.10. The fraction of sp³-hybridized carbons (Fsp3) is 0.574. The van der Waals surface area contributed by atoms with E-state index < -0.39 is 78.5 Å². The van der Waals surface area contributed by atoms with Crippen molar-refractivity contribution in [2.24, 2.45) is 10.8 Å². The molecule has 8 N–H and O–H groups in total. The van der Waals surface area contributed by atoms with Crippen LogP contribution in [0.25, 0.3) is 0 Å². The number of amides is 4. The highest BCUT2D eigenvalue weighted by Crippen LogP contribution is 2.32. The number of fused-ring (bicyclic) bond motifs is 2. The highest BCUT2D eigenvalue weighted by atomic mass is 79.9. The maximum absolute atomic E-state index is 13.2. The number of ether oxygens (including phenoxy) is 4. The molecule has 16 nitrogen and oxygen atoms in total. The van der Waals surface area contributed by atoms with Crippen LogP contribution in [0.3, 0.4) is 0 Å². The zero-order valence-corrected chi connectivity index (χ0v) is 41.9. The third kappa shape index (κ3) is 15.8. The summed E-state index contributed by atoms with van der Waals surface area (Å²) in [6.45, 7) is 15.3. The number of carbonyl (C=O) groups is 4. The standard InChI is InChI=1S/C25H35BrN2O6.C22H31BrN2O6/c1-24(2,3)12-11-18-19(29)20(34-25(4,5)33-18)21(32-6)23(31)28-17-9-7-14-13-15(26)8-10-16(14)27-22(17)30;1-22(2,3)10-9-16(26)17(27)18(28)19(31-4)21(30)25-15-7-5-12-11-13(23)6-8-14(12)24-20(15)29/h8,10-13,17-21,29H,7,9H2,1-6H3,(H,27,30)(H,28,31);6,8-11,15-19,26-28H,5,7H2,1-4H3,(H,24,29)(H,25,30)/b12-11+;10-9+/t17?,18-,19+,20-,21-;15?,16-,17+,18-,19-/m11/s1. The molecule has 0 bridgehead atoms. The molecule has 10 atom stereocenters. The molecular formula is C47H66Br2N4O12. The first-order valence-electron chi connectivity index (χ1n) is 21.5. The Morgan fingerprint density at radius 1 is 0.785 bits per heavy atom. The van der Waals surface area contributed by atoms with Gasteiger partial charge >= 0.3 is 0 Å². The smallest absolute Gasteiger partial charge is 0.252 e. The van der Waals surface area contributed by atoms with Crippen molar-refractivity contribution >= 4 is 66.9 Å². The van der Waals surface area contributed by atoms with E-state index >= 15 is 0 Å². The number of nitrogens with one attached hydrogen (secondary N) is 4. The van der Waals surface area contributed by atoms with E-state index in [9.17, 15) is 39.6 Å². The van der Waals surface area contributed by atoms with Crippen molar-refractivity contribution in [3.05, 3.63) is 80.8 Å². The molecule has 18 heteroatoms. The maximum atomic E-state index is 13.2. The predicted octanol–water partition coefficient (Wildman–Crippen LogP) is 4.84. The van der Waals surface area contributed by atoms with Gasteiger partial charge in [0.25, 0.3) is 11.8 Å². The van der Waals surface area contributed by atoms with E-state index in [1.54, 1.807) is 32.1 Å². The Balaban J connectivity index is 0.000000286. The number of rotatable bonds is 12. The van der Waals surface area contributed by atoms with Crippen molar-refractivity contribution in [1.82, 2.24) is 10.6 Å². The van der Waals surface area contributed by atoms with Gasteiger partial charge in [-0.1, -0.05) is 97.7 Å². The SMILES string of the molecule is CO[C@@H](C(=O)NC1CCc2cc(Br)ccc2NC1=O)[C@@H]1OC(C)(C)O[C@H](/C=C/C(C)(C)C)[C@@H]1O.CO[C@@H](C(=O)NC1CCc2cc(Br)ccc2NC1=O)[C@H](O)[C@@H](O)[C@H](O)/C=C/C(C)(C)C. The lowest BCUT2D eigenvalue weighted by atomic mass is 9.93. The Hall–Kier alpha value is -3.56. The number of allylic oxidation sites excluding steroid dienone is 2. The van der Waals surface area contributed by atoms with Crippen LogP contribution in [0.1, 0.15) is 79.4 Å². The van der Waals surface area contributed by atoms with E-state index in [4.69, 9.17) is 18.9 Å². The summed E-state index contributed by atoms with van der Waals surface area (Å²) in [6.07, 6.45) is -1.44. The molecule has 2 aromatic rings. The van der Waals surface area contributed by atoms with Crippen LogP contribution < -0.4 is 21.3 Å². The largest absolute Gasteiger partial charge is 0.387 e. The van der Waals surface area contributed by atoms with Gasteiger partial charge in [0.1, 0.15) is 48.7 Å². The second-order valence-electron chi connectivity index (χ2n) is 19.1. The Bertz CT molecular complexity index is 2050. The van der Waals surface area contributed by atoms with Gasteiger partial charge in [0.05, 0.1) is 0 Å². The number of carbonyl (C=O) groups excluding carboxylic acids is 4. The van der Waals surface area contributed by atoms with Crippen molar-refractivity contribution in [2.45, 2.75) is 148 Å². The zero-order valence-electron chi connectivity index (χ0n) is 38.7. The predicted molar refractivity (Wildman–Crippen MR) is 253 cm³/mol. The summed E-state index contributed by atoms with van der Waals surface area (Å²) in [6, 6.07) is 9.56. The molecule has 0 aromatic heterocycles. The normalized spacial score (nSPS) is 24.6. The van der Waals surface area contributed by atoms with Gasteiger partial charge in [-0.2, -0.15) is 0 Å². The Morgan fingerprint density at radius 3 is 1.74 bits per heavy atom. The van der Waals surface area contributed by atoms with E-state index in [1.807, 2.05) is 78.0 Å². The second-order valence-corrected chi connectivity index (χ2v) is 20.9. The molecule has 65 heavy (non-hydrogen) atoms. The van der Waals surface area contributed by atoms with Crippen molar-refractivity contribution < 1.29 is 58.6 Å². The van der Waals surface area contributed by atoms with Gasteiger partial charge in [-0.15, -0.1) is 0 Å². The lowest BCUT2D eigenvalue weighted by Gasteiger charge is -2.45. The van der Waals surface area contributed by atoms with Crippen LogP contribution >= 0.6 is 31.9 Å². The molecule has 360 valence electrons. The number of hydrogen-bond donors (Lipinski definition) is 8.